The topological polar surface area (TPSA) is 37.3 Å². The maximum Gasteiger partial charge on any atom is 0.181 e. The third-order valence-corrected chi connectivity index (χ3v) is 4.83. The van der Waals surface area contributed by atoms with E-state index in [4.69, 9.17) is 0 Å². The summed E-state index contributed by atoms with van der Waals surface area (Å²) in [5.41, 5.74) is 0.955. The Kier molecular flexibility index (Phi) is 4.57. The molecule has 1 saturated carbocycles. The molecule has 2 nitrogen and oxygen atoms in total. The number of hydrogen-bond donors (Lipinski definition) is 1. The highest BCUT2D eigenvalue weighted by Gasteiger charge is 2.40. The lowest BCUT2D eigenvalue weighted by molar-refractivity contribution is -0.132. The number of carbonyl (C=O) groups excluding carboxylic acids is 1. The fraction of sp³-hybridized carbons (Fsp3) is 0.533. The van der Waals surface area contributed by atoms with Crippen molar-refractivity contribution >= 4 is 21.7 Å². The number of ketones is 1. The molecule has 1 N–H and O–H groups in total. The lowest BCUT2D eigenvalue weighted by Gasteiger charge is -2.32. The van der Waals surface area contributed by atoms with Gasteiger partial charge in [0.1, 0.15) is 0 Å². The molecule has 0 aromatic heterocycles. The molecule has 98 valence electrons. The standard InChI is InChI=1S/C15H19BrO2/c16-15(18,13-9-5-2-6-10-13)14(17)11-12-7-3-1-4-8-12/h1,3-4,7-8,13,18H,2,5-6,9-11H2/t15-/m1/s1. The summed E-state index contributed by atoms with van der Waals surface area (Å²) in [6.45, 7) is 0. The van der Waals surface area contributed by atoms with Crippen molar-refractivity contribution in [3.63, 3.8) is 0 Å². The average Bonchev–Trinajstić information content (AvgIpc) is 2.41. The van der Waals surface area contributed by atoms with E-state index >= 15 is 0 Å². The number of aliphatic hydroxyl groups is 1. The molecule has 3 heteroatoms. The Morgan fingerprint density at radius 2 is 1.83 bits per heavy atom. The minimum atomic E-state index is -1.34. The van der Waals surface area contributed by atoms with Gasteiger partial charge in [-0.1, -0.05) is 49.6 Å². The van der Waals surface area contributed by atoms with Crippen molar-refractivity contribution in [1.82, 2.24) is 0 Å². The molecule has 0 aliphatic heterocycles. The van der Waals surface area contributed by atoms with Gasteiger partial charge in [-0.05, 0) is 34.3 Å². The van der Waals surface area contributed by atoms with E-state index in [2.05, 4.69) is 15.9 Å². The first-order valence-electron chi connectivity index (χ1n) is 6.59. The molecule has 0 heterocycles. The van der Waals surface area contributed by atoms with E-state index in [1.54, 1.807) is 0 Å². The number of alkyl halides is 1. The third kappa shape index (κ3) is 3.21. The Hall–Kier alpha value is -0.670. The molecule has 0 bridgehead atoms. The van der Waals surface area contributed by atoms with E-state index in [1.165, 1.54) is 6.42 Å². The zero-order valence-electron chi connectivity index (χ0n) is 10.4. The summed E-state index contributed by atoms with van der Waals surface area (Å²) in [7, 11) is 0. The van der Waals surface area contributed by atoms with E-state index < -0.39 is 4.51 Å². The van der Waals surface area contributed by atoms with Crippen LogP contribution < -0.4 is 0 Å². The third-order valence-electron chi connectivity index (χ3n) is 3.74. The summed E-state index contributed by atoms with van der Waals surface area (Å²) in [5.74, 6) is -0.0666. The molecule has 2 rings (SSSR count). The number of Topliss-reactive ketones (excluding diaryl/α,β-unsaturated/α-hetero) is 1. The van der Waals surface area contributed by atoms with Crippen molar-refractivity contribution in [3.05, 3.63) is 35.9 Å². The summed E-state index contributed by atoms with van der Waals surface area (Å²) in [5, 5.41) is 10.4. The quantitative estimate of drug-likeness (QED) is 0.865. The van der Waals surface area contributed by atoms with Gasteiger partial charge in [0, 0.05) is 12.3 Å². The fourth-order valence-corrected chi connectivity index (χ4v) is 3.22. The van der Waals surface area contributed by atoms with E-state index in [-0.39, 0.29) is 11.7 Å². The molecule has 0 amide bonds. The van der Waals surface area contributed by atoms with Gasteiger partial charge in [0.05, 0.1) is 0 Å². The van der Waals surface area contributed by atoms with Crippen LogP contribution in [-0.4, -0.2) is 15.4 Å². The molecule has 0 unspecified atom stereocenters. The summed E-state index contributed by atoms with van der Waals surface area (Å²) >= 11 is 3.27. The number of carbonyl (C=O) groups is 1. The van der Waals surface area contributed by atoms with Crippen LogP contribution in [0.3, 0.4) is 0 Å². The molecule has 1 aromatic rings. The van der Waals surface area contributed by atoms with E-state index in [1.807, 2.05) is 30.3 Å². The number of halogens is 1. The van der Waals surface area contributed by atoms with Crippen molar-refractivity contribution in [2.45, 2.75) is 43.0 Å². The number of rotatable bonds is 4. The van der Waals surface area contributed by atoms with Crippen molar-refractivity contribution in [1.29, 1.82) is 0 Å². The van der Waals surface area contributed by atoms with Crippen LogP contribution in [0.15, 0.2) is 30.3 Å². The van der Waals surface area contributed by atoms with Crippen LogP contribution in [-0.2, 0) is 11.2 Å². The lowest BCUT2D eigenvalue weighted by Crippen LogP contribution is -2.41. The second kappa shape index (κ2) is 5.98. The summed E-state index contributed by atoms with van der Waals surface area (Å²) in [4.78, 5) is 12.2. The second-order valence-corrected chi connectivity index (χ2v) is 6.30. The largest absolute Gasteiger partial charge is 0.372 e. The second-order valence-electron chi connectivity index (χ2n) is 5.09. The van der Waals surface area contributed by atoms with Gasteiger partial charge in [-0.25, -0.2) is 0 Å². The van der Waals surface area contributed by atoms with Crippen LogP contribution in [0.25, 0.3) is 0 Å². The van der Waals surface area contributed by atoms with E-state index in [0.717, 1.165) is 31.2 Å². The molecule has 1 atom stereocenters. The molecular weight excluding hydrogens is 292 g/mol. The molecule has 1 aromatic carbocycles. The maximum absolute atomic E-state index is 12.2. The van der Waals surface area contributed by atoms with Crippen molar-refractivity contribution in [2.75, 3.05) is 0 Å². The minimum Gasteiger partial charge on any atom is -0.372 e. The highest BCUT2D eigenvalue weighted by Crippen LogP contribution is 2.37. The molecular formula is C15H19BrO2. The first-order chi connectivity index (χ1) is 8.60. The molecule has 1 fully saturated rings. The Morgan fingerprint density at radius 3 is 2.44 bits per heavy atom. The smallest absolute Gasteiger partial charge is 0.181 e. The van der Waals surface area contributed by atoms with Crippen LogP contribution in [0.5, 0.6) is 0 Å². The summed E-state index contributed by atoms with van der Waals surface area (Å²) in [6, 6.07) is 9.59. The van der Waals surface area contributed by atoms with Crippen molar-refractivity contribution < 1.29 is 9.90 Å². The van der Waals surface area contributed by atoms with Gasteiger partial charge in [0.15, 0.2) is 10.3 Å². The van der Waals surface area contributed by atoms with Crippen molar-refractivity contribution in [3.8, 4) is 0 Å². The lowest BCUT2D eigenvalue weighted by atomic mass is 9.82. The van der Waals surface area contributed by atoms with Crippen LogP contribution in [0, 0.1) is 5.92 Å². The van der Waals surface area contributed by atoms with Crippen LogP contribution in [0.4, 0.5) is 0 Å². The van der Waals surface area contributed by atoms with Crippen LogP contribution in [0.2, 0.25) is 0 Å². The zero-order chi connectivity index (χ0) is 13.0. The monoisotopic (exact) mass is 310 g/mol. The molecule has 0 spiro atoms. The number of benzene rings is 1. The van der Waals surface area contributed by atoms with Gasteiger partial charge in [0.2, 0.25) is 0 Å². The SMILES string of the molecule is O=C(Cc1ccccc1)[C@@](O)(Br)C1CCCCC1. The van der Waals surface area contributed by atoms with Crippen molar-refractivity contribution in [2.24, 2.45) is 5.92 Å². The summed E-state index contributed by atoms with van der Waals surface area (Å²) in [6.07, 6.45) is 5.59. The molecule has 1 aliphatic rings. The van der Waals surface area contributed by atoms with Gasteiger partial charge in [-0.3, -0.25) is 4.79 Å². The molecule has 1 aliphatic carbocycles. The van der Waals surface area contributed by atoms with Crippen LogP contribution >= 0.6 is 15.9 Å². The van der Waals surface area contributed by atoms with Gasteiger partial charge in [0.25, 0.3) is 0 Å². The van der Waals surface area contributed by atoms with E-state index in [0.29, 0.717) is 6.42 Å². The maximum atomic E-state index is 12.2. The first-order valence-corrected chi connectivity index (χ1v) is 7.38. The molecule has 0 saturated heterocycles. The Balaban J connectivity index is 2.02. The minimum absolute atomic E-state index is 0.0578. The summed E-state index contributed by atoms with van der Waals surface area (Å²) < 4.78 is -1.34. The normalized spacial score (nSPS) is 20.3. The van der Waals surface area contributed by atoms with Gasteiger partial charge < -0.3 is 5.11 Å². The van der Waals surface area contributed by atoms with Gasteiger partial charge in [-0.15, -0.1) is 0 Å². The fourth-order valence-electron chi connectivity index (χ4n) is 2.62. The highest BCUT2D eigenvalue weighted by atomic mass is 79.9. The Labute approximate surface area is 117 Å². The van der Waals surface area contributed by atoms with Crippen LogP contribution in [0.1, 0.15) is 37.7 Å². The first kappa shape index (κ1) is 13.8. The number of hydrogen-bond acceptors (Lipinski definition) is 2. The Morgan fingerprint density at radius 1 is 1.22 bits per heavy atom. The van der Waals surface area contributed by atoms with E-state index in [9.17, 15) is 9.90 Å². The zero-order valence-corrected chi connectivity index (χ0v) is 12.0. The molecule has 0 radical (unpaired) electrons. The van der Waals surface area contributed by atoms with Gasteiger partial charge >= 0.3 is 0 Å². The predicted molar refractivity (Wildman–Crippen MR) is 75.6 cm³/mol. The molecule has 18 heavy (non-hydrogen) atoms. The van der Waals surface area contributed by atoms with Gasteiger partial charge in [-0.2, -0.15) is 0 Å². The highest BCUT2D eigenvalue weighted by molar-refractivity contribution is 9.10. The average molecular weight is 311 g/mol. The predicted octanol–water partition coefficient (Wildman–Crippen LogP) is 3.46. The Bertz CT molecular complexity index is 394.